The lowest BCUT2D eigenvalue weighted by Gasteiger charge is -2.15. The Kier molecular flexibility index (Phi) is 5.25. The van der Waals surface area contributed by atoms with Gasteiger partial charge in [0.1, 0.15) is 12.8 Å². The van der Waals surface area contributed by atoms with E-state index < -0.39 is 0 Å². The molecule has 0 bridgehead atoms. The Hall–Kier alpha value is -2.09. The van der Waals surface area contributed by atoms with Gasteiger partial charge in [-0.3, -0.25) is 0 Å². The Balaban J connectivity index is 1.62. The van der Waals surface area contributed by atoms with Crippen LogP contribution in [0.1, 0.15) is 37.7 Å². The average molecular weight is 292 g/mol. The molecule has 1 radical (unpaired) electrons. The summed E-state index contributed by atoms with van der Waals surface area (Å²) in [6.45, 7) is 0.491. The molecular formula is C20H22NO. The number of hydrogen-bond donors (Lipinski definition) is 0. The molecule has 1 aliphatic rings. The third kappa shape index (κ3) is 3.97. The van der Waals surface area contributed by atoms with Gasteiger partial charge in [-0.25, -0.2) is 0 Å². The van der Waals surface area contributed by atoms with Crippen LogP contribution < -0.4 is 0 Å². The zero-order chi connectivity index (χ0) is 15.0. The predicted octanol–water partition coefficient (Wildman–Crippen LogP) is 5.31. The zero-order valence-corrected chi connectivity index (χ0v) is 12.9. The van der Waals surface area contributed by atoms with Crippen LogP contribution in [0.2, 0.25) is 0 Å². The van der Waals surface area contributed by atoms with Crippen molar-refractivity contribution in [2.24, 2.45) is 11.1 Å². The Morgan fingerprint density at radius 3 is 2.45 bits per heavy atom. The molecule has 0 saturated heterocycles. The lowest BCUT2D eigenvalue weighted by atomic mass is 9.90. The van der Waals surface area contributed by atoms with E-state index in [1.807, 2.05) is 12.1 Å². The summed E-state index contributed by atoms with van der Waals surface area (Å²) in [5.74, 6) is 0.484. The van der Waals surface area contributed by atoms with Crippen LogP contribution in [0.4, 0.5) is 0 Å². The predicted molar refractivity (Wildman–Crippen MR) is 90.7 cm³/mol. The van der Waals surface area contributed by atoms with Crippen molar-refractivity contribution in [2.75, 3.05) is 0 Å². The third-order valence-electron chi connectivity index (χ3n) is 4.23. The maximum absolute atomic E-state index is 5.50. The molecule has 1 aliphatic carbocycles. The summed E-state index contributed by atoms with van der Waals surface area (Å²) in [5, 5.41) is 4.08. The van der Waals surface area contributed by atoms with Crippen molar-refractivity contribution in [3.8, 4) is 11.1 Å². The number of nitrogens with zero attached hydrogens (tertiary/aromatic N) is 1. The van der Waals surface area contributed by atoms with Gasteiger partial charge in [0, 0.05) is 5.92 Å². The quantitative estimate of drug-likeness (QED) is 0.540. The zero-order valence-electron chi connectivity index (χ0n) is 12.9. The van der Waals surface area contributed by atoms with E-state index in [2.05, 4.69) is 53.8 Å². The molecule has 113 valence electrons. The molecule has 2 nitrogen and oxygen atoms in total. The van der Waals surface area contributed by atoms with Crippen LogP contribution in [0.25, 0.3) is 11.1 Å². The maximum Gasteiger partial charge on any atom is 0.142 e. The topological polar surface area (TPSA) is 21.6 Å². The first-order valence-electron chi connectivity index (χ1n) is 8.14. The summed E-state index contributed by atoms with van der Waals surface area (Å²) in [6, 6.07) is 18.7. The fourth-order valence-electron chi connectivity index (χ4n) is 2.99. The van der Waals surface area contributed by atoms with Crippen LogP contribution >= 0.6 is 0 Å². The maximum atomic E-state index is 5.50. The first-order valence-corrected chi connectivity index (χ1v) is 8.14. The highest BCUT2D eigenvalue weighted by Gasteiger charge is 2.11. The number of rotatable bonds is 5. The minimum atomic E-state index is 0.484. The lowest BCUT2D eigenvalue weighted by Crippen LogP contribution is -2.07. The molecule has 2 aromatic carbocycles. The van der Waals surface area contributed by atoms with E-state index in [1.165, 1.54) is 43.2 Å². The lowest BCUT2D eigenvalue weighted by molar-refractivity contribution is 0.130. The average Bonchev–Trinajstić information content (AvgIpc) is 2.61. The molecule has 0 spiro atoms. The van der Waals surface area contributed by atoms with Gasteiger partial charge < -0.3 is 4.84 Å². The summed E-state index contributed by atoms with van der Waals surface area (Å²) in [5.41, 5.74) is 3.57. The Labute approximate surface area is 132 Å². The molecule has 2 heteroatoms. The highest BCUT2D eigenvalue weighted by molar-refractivity contribution is 5.67. The molecule has 0 N–H and O–H groups in total. The molecule has 0 heterocycles. The molecule has 0 atom stereocenters. The standard InChI is InChI=1S/C20H22NO/c1-3-9-17(10-4-1)15-21-22-16-19-13-7-8-14-20(19)18-11-5-2-6-12-18/h2,5-8,11-14,17H,1,3-4,9-10,16H2. The Morgan fingerprint density at radius 2 is 1.64 bits per heavy atom. The SMILES string of the molecule is [C](=N\OCc1ccccc1-c1ccccc1)/C1CCCCC1. The summed E-state index contributed by atoms with van der Waals surface area (Å²) in [4.78, 5) is 5.50. The summed E-state index contributed by atoms with van der Waals surface area (Å²) in [6.07, 6.45) is 9.50. The fraction of sp³-hybridized carbons (Fsp3) is 0.350. The molecular weight excluding hydrogens is 270 g/mol. The van der Waals surface area contributed by atoms with Crippen molar-refractivity contribution in [3.63, 3.8) is 0 Å². The van der Waals surface area contributed by atoms with Crippen molar-refractivity contribution in [2.45, 2.75) is 38.7 Å². The second-order valence-electron chi connectivity index (χ2n) is 5.85. The van der Waals surface area contributed by atoms with Crippen molar-refractivity contribution >= 4 is 6.21 Å². The molecule has 0 aliphatic heterocycles. The van der Waals surface area contributed by atoms with Gasteiger partial charge in [-0.2, -0.15) is 0 Å². The number of benzene rings is 2. The Bertz CT molecular complexity index is 600. The van der Waals surface area contributed by atoms with E-state index >= 15 is 0 Å². The molecule has 2 aromatic rings. The minimum Gasteiger partial charge on any atom is -0.391 e. The summed E-state index contributed by atoms with van der Waals surface area (Å²) < 4.78 is 0. The van der Waals surface area contributed by atoms with Gasteiger partial charge in [0.25, 0.3) is 0 Å². The second-order valence-corrected chi connectivity index (χ2v) is 5.85. The van der Waals surface area contributed by atoms with E-state index in [1.54, 1.807) is 0 Å². The van der Waals surface area contributed by atoms with Gasteiger partial charge in [-0.05, 0) is 29.5 Å². The molecule has 0 aromatic heterocycles. The highest BCUT2D eigenvalue weighted by Crippen LogP contribution is 2.24. The summed E-state index contributed by atoms with van der Waals surface area (Å²) >= 11 is 0. The molecule has 1 fully saturated rings. The molecule has 1 saturated carbocycles. The smallest absolute Gasteiger partial charge is 0.142 e. The molecule has 0 amide bonds. The molecule has 22 heavy (non-hydrogen) atoms. The third-order valence-corrected chi connectivity index (χ3v) is 4.23. The van der Waals surface area contributed by atoms with Crippen LogP contribution in [0.15, 0.2) is 59.8 Å². The van der Waals surface area contributed by atoms with Gasteiger partial charge in [0.05, 0.1) is 0 Å². The van der Waals surface area contributed by atoms with Crippen molar-refractivity contribution in [1.82, 2.24) is 0 Å². The van der Waals surface area contributed by atoms with Gasteiger partial charge >= 0.3 is 0 Å². The molecule has 0 unspecified atom stereocenters. The normalized spacial score (nSPS) is 16.0. The summed E-state index contributed by atoms with van der Waals surface area (Å²) in [7, 11) is 0. The van der Waals surface area contributed by atoms with Crippen LogP contribution in [-0.4, -0.2) is 6.21 Å². The van der Waals surface area contributed by atoms with Gasteiger partial charge in [-0.15, -0.1) is 0 Å². The van der Waals surface area contributed by atoms with Gasteiger partial charge in [0.15, 0.2) is 0 Å². The fourth-order valence-corrected chi connectivity index (χ4v) is 2.99. The highest BCUT2D eigenvalue weighted by atomic mass is 16.6. The van der Waals surface area contributed by atoms with Crippen LogP contribution in [0.5, 0.6) is 0 Å². The van der Waals surface area contributed by atoms with Gasteiger partial charge in [0.2, 0.25) is 0 Å². The van der Waals surface area contributed by atoms with E-state index in [0.29, 0.717) is 12.5 Å². The van der Waals surface area contributed by atoms with Crippen molar-refractivity contribution < 1.29 is 4.84 Å². The Morgan fingerprint density at radius 1 is 0.909 bits per heavy atom. The van der Waals surface area contributed by atoms with Crippen LogP contribution in [0.3, 0.4) is 0 Å². The number of hydrogen-bond acceptors (Lipinski definition) is 2. The largest absolute Gasteiger partial charge is 0.391 e. The van der Waals surface area contributed by atoms with Crippen molar-refractivity contribution in [1.29, 1.82) is 0 Å². The van der Waals surface area contributed by atoms with E-state index in [4.69, 9.17) is 4.84 Å². The first-order chi connectivity index (χ1) is 10.9. The van der Waals surface area contributed by atoms with Gasteiger partial charge in [-0.1, -0.05) is 79.0 Å². The van der Waals surface area contributed by atoms with E-state index in [0.717, 1.165) is 5.56 Å². The van der Waals surface area contributed by atoms with Crippen LogP contribution in [0, 0.1) is 5.92 Å². The minimum absolute atomic E-state index is 0.484. The van der Waals surface area contributed by atoms with E-state index in [9.17, 15) is 0 Å². The molecule has 3 rings (SSSR count). The van der Waals surface area contributed by atoms with Crippen LogP contribution in [-0.2, 0) is 11.4 Å². The first kappa shape index (κ1) is 14.8. The van der Waals surface area contributed by atoms with Crippen molar-refractivity contribution in [3.05, 3.63) is 60.2 Å². The van der Waals surface area contributed by atoms with E-state index in [-0.39, 0.29) is 0 Å². The monoisotopic (exact) mass is 292 g/mol. The second kappa shape index (κ2) is 7.79.